The average Bonchev–Trinajstić information content (AvgIpc) is 3.24. The average molecular weight is 381 g/mol. The molecule has 0 atom stereocenters. The quantitative estimate of drug-likeness (QED) is 0.504. The van der Waals surface area contributed by atoms with Gasteiger partial charge in [0.2, 0.25) is 5.78 Å². The van der Waals surface area contributed by atoms with Crippen LogP contribution in [0.15, 0.2) is 91.1 Å². The summed E-state index contributed by atoms with van der Waals surface area (Å²) in [5.74, 6) is -0.524. The Kier molecular flexibility index (Phi) is 5.03. The summed E-state index contributed by atoms with van der Waals surface area (Å²) in [4.78, 5) is 26.3. The molecule has 1 heterocycles. The molecular weight excluding hydrogens is 362 g/mol. The molecule has 3 aromatic carbocycles. The van der Waals surface area contributed by atoms with E-state index in [9.17, 15) is 9.59 Å². The molecule has 29 heavy (non-hydrogen) atoms. The number of nitrogens with zero attached hydrogens (tertiary/aromatic N) is 2. The standard InChI is InChI=1S/C24H19N3O2/c1-25-20-14-8-9-15-21(20)27-16-19(23(28)17-10-4-2-5-11-17)22(26-27)24(29)18-12-6-3-7-13-18/h2-16,25H,1H3. The normalized spacial score (nSPS) is 10.5. The van der Waals surface area contributed by atoms with E-state index in [0.29, 0.717) is 11.1 Å². The van der Waals surface area contributed by atoms with Crippen molar-refractivity contribution in [1.29, 1.82) is 0 Å². The van der Waals surface area contributed by atoms with Gasteiger partial charge in [-0.05, 0) is 12.1 Å². The smallest absolute Gasteiger partial charge is 0.214 e. The van der Waals surface area contributed by atoms with Crippen LogP contribution in [-0.4, -0.2) is 28.4 Å². The number of para-hydroxylation sites is 2. The molecule has 0 aliphatic rings. The Morgan fingerprint density at radius 1 is 0.759 bits per heavy atom. The molecule has 0 aliphatic carbocycles. The highest BCUT2D eigenvalue weighted by Gasteiger charge is 2.24. The van der Waals surface area contributed by atoms with Gasteiger partial charge in [-0.3, -0.25) is 9.59 Å². The van der Waals surface area contributed by atoms with E-state index >= 15 is 0 Å². The first-order valence-electron chi connectivity index (χ1n) is 9.25. The third-order valence-electron chi connectivity index (χ3n) is 4.67. The van der Waals surface area contributed by atoms with Crippen LogP contribution in [0.4, 0.5) is 5.69 Å². The highest BCUT2D eigenvalue weighted by atomic mass is 16.1. The lowest BCUT2D eigenvalue weighted by Gasteiger charge is -2.08. The Bertz CT molecular complexity index is 1100. The third kappa shape index (κ3) is 3.58. The van der Waals surface area contributed by atoms with E-state index in [4.69, 9.17) is 0 Å². The van der Waals surface area contributed by atoms with Crippen molar-refractivity contribution in [3.05, 3.63) is 114 Å². The Balaban J connectivity index is 1.87. The molecule has 0 bridgehead atoms. The van der Waals surface area contributed by atoms with E-state index in [0.717, 1.165) is 11.4 Å². The number of hydrogen-bond acceptors (Lipinski definition) is 4. The third-order valence-corrected chi connectivity index (χ3v) is 4.67. The Hall–Kier alpha value is -3.99. The van der Waals surface area contributed by atoms with Gasteiger partial charge >= 0.3 is 0 Å². The Morgan fingerprint density at radius 3 is 1.93 bits per heavy atom. The first-order valence-corrected chi connectivity index (χ1v) is 9.25. The lowest BCUT2D eigenvalue weighted by atomic mass is 9.99. The Labute approximate surface area is 168 Å². The summed E-state index contributed by atoms with van der Waals surface area (Å²) in [5.41, 5.74) is 3.00. The van der Waals surface area contributed by atoms with Gasteiger partial charge in [0.05, 0.1) is 16.9 Å². The second-order valence-corrected chi connectivity index (χ2v) is 6.49. The fourth-order valence-electron chi connectivity index (χ4n) is 3.19. The molecule has 0 amide bonds. The van der Waals surface area contributed by atoms with Crippen molar-refractivity contribution in [3.8, 4) is 5.69 Å². The summed E-state index contributed by atoms with van der Waals surface area (Å²) >= 11 is 0. The maximum Gasteiger partial charge on any atom is 0.214 e. The first kappa shape index (κ1) is 18.4. The van der Waals surface area contributed by atoms with Crippen LogP contribution < -0.4 is 5.32 Å². The molecular formula is C24H19N3O2. The number of ketones is 2. The fraction of sp³-hybridized carbons (Fsp3) is 0.0417. The molecule has 1 aromatic heterocycles. The number of aromatic nitrogens is 2. The lowest BCUT2D eigenvalue weighted by molar-refractivity contribution is 0.100. The summed E-state index contributed by atoms with van der Waals surface area (Å²) < 4.78 is 1.58. The van der Waals surface area contributed by atoms with Gasteiger partial charge in [-0.2, -0.15) is 5.10 Å². The molecule has 1 N–H and O–H groups in total. The number of benzene rings is 3. The van der Waals surface area contributed by atoms with Crippen LogP contribution in [0.25, 0.3) is 5.69 Å². The van der Waals surface area contributed by atoms with Crippen LogP contribution in [-0.2, 0) is 0 Å². The molecule has 0 saturated heterocycles. The minimum Gasteiger partial charge on any atom is -0.386 e. The molecule has 4 aromatic rings. The number of carbonyl (C=O) groups excluding carboxylic acids is 2. The second-order valence-electron chi connectivity index (χ2n) is 6.49. The van der Waals surface area contributed by atoms with Crippen LogP contribution >= 0.6 is 0 Å². The molecule has 5 heteroatoms. The zero-order valence-electron chi connectivity index (χ0n) is 15.9. The molecule has 4 rings (SSSR count). The van der Waals surface area contributed by atoms with E-state index in [-0.39, 0.29) is 22.8 Å². The lowest BCUT2D eigenvalue weighted by Crippen LogP contribution is -2.10. The second kappa shape index (κ2) is 7.94. The number of carbonyl (C=O) groups is 2. The highest BCUT2D eigenvalue weighted by Crippen LogP contribution is 2.23. The van der Waals surface area contributed by atoms with E-state index in [2.05, 4.69) is 10.4 Å². The van der Waals surface area contributed by atoms with Crippen molar-refractivity contribution in [2.45, 2.75) is 0 Å². The zero-order valence-corrected chi connectivity index (χ0v) is 15.9. The van der Waals surface area contributed by atoms with Crippen molar-refractivity contribution in [2.24, 2.45) is 0 Å². The van der Waals surface area contributed by atoms with Gasteiger partial charge in [0.25, 0.3) is 0 Å². The Morgan fingerprint density at radius 2 is 1.31 bits per heavy atom. The maximum absolute atomic E-state index is 13.2. The molecule has 0 saturated carbocycles. The van der Waals surface area contributed by atoms with E-state index in [1.807, 2.05) is 43.4 Å². The molecule has 0 radical (unpaired) electrons. The van der Waals surface area contributed by atoms with E-state index < -0.39 is 0 Å². The molecule has 0 unspecified atom stereocenters. The maximum atomic E-state index is 13.2. The fourth-order valence-corrected chi connectivity index (χ4v) is 3.19. The van der Waals surface area contributed by atoms with Gasteiger partial charge in [-0.1, -0.05) is 72.8 Å². The van der Waals surface area contributed by atoms with Crippen LogP contribution in [0.1, 0.15) is 32.0 Å². The molecule has 0 fully saturated rings. The molecule has 0 aliphatic heterocycles. The molecule has 142 valence electrons. The summed E-state index contributed by atoms with van der Waals surface area (Å²) in [7, 11) is 1.81. The number of rotatable bonds is 6. The SMILES string of the molecule is CNc1ccccc1-n1cc(C(=O)c2ccccc2)c(C(=O)c2ccccc2)n1. The van der Waals surface area contributed by atoms with Crippen LogP contribution in [0, 0.1) is 0 Å². The van der Waals surface area contributed by atoms with Crippen molar-refractivity contribution in [1.82, 2.24) is 9.78 Å². The van der Waals surface area contributed by atoms with Crippen molar-refractivity contribution < 1.29 is 9.59 Å². The monoisotopic (exact) mass is 381 g/mol. The minimum absolute atomic E-state index is 0.135. The van der Waals surface area contributed by atoms with Gasteiger partial charge in [0, 0.05) is 24.4 Å². The molecule has 0 spiro atoms. The predicted octanol–water partition coefficient (Wildman–Crippen LogP) is 4.38. The summed E-state index contributed by atoms with van der Waals surface area (Å²) in [6, 6.07) is 25.4. The molecule has 5 nitrogen and oxygen atoms in total. The van der Waals surface area contributed by atoms with Crippen molar-refractivity contribution in [2.75, 3.05) is 12.4 Å². The van der Waals surface area contributed by atoms with Crippen LogP contribution in [0.3, 0.4) is 0 Å². The van der Waals surface area contributed by atoms with E-state index in [1.165, 1.54) is 0 Å². The number of hydrogen-bond donors (Lipinski definition) is 1. The van der Waals surface area contributed by atoms with Gasteiger partial charge < -0.3 is 5.32 Å². The summed E-state index contributed by atoms with van der Waals surface area (Å²) in [6.45, 7) is 0. The first-order chi connectivity index (χ1) is 14.2. The van der Waals surface area contributed by atoms with Gasteiger partial charge in [0.15, 0.2) is 5.78 Å². The van der Waals surface area contributed by atoms with Crippen molar-refractivity contribution >= 4 is 17.3 Å². The zero-order chi connectivity index (χ0) is 20.2. The van der Waals surface area contributed by atoms with Crippen LogP contribution in [0.5, 0.6) is 0 Å². The van der Waals surface area contributed by atoms with E-state index in [1.54, 1.807) is 59.4 Å². The number of anilines is 1. The van der Waals surface area contributed by atoms with Gasteiger partial charge in [0.1, 0.15) is 5.69 Å². The summed E-state index contributed by atoms with van der Waals surface area (Å²) in [5, 5.41) is 7.63. The van der Waals surface area contributed by atoms with Gasteiger partial charge in [-0.25, -0.2) is 4.68 Å². The van der Waals surface area contributed by atoms with Crippen molar-refractivity contribution in [3.63, 3.8) is 0 Å². The van der Waals surface area contributed by atoms with Gasteiger partial charge in [-0.15, -0.1) is 0 Å². The predicted molar refractivity (Wildman–Crippen MR) is 113 cm³/mol. The largest absolute Gasteiger partial charge is 0.386 e. The highest BCUT2D eigenvalue weighted by molar-refractivity contribution is 6.18. The summed E-state index contributed by atoms with van der Waals surface area (Å²) in [6.07, 6.45) is 1.63. The minimum atomic E-state index is -0.287. The topological polar surface area (TPSA) is 64.0 Å². The number of nitrogens with one attached hydrogen (secondary N) is 1. The van der Waals surface area contributed by atoms with Crippen LogP contribution in [0.2, 0.25) is 0 Å².